The Kier molecular flexibility index (Phi) is 3.67. The van der Waals surface area contributed by atoms with E-state index in [1.165, 1.54) is 0 Å². The molecular formula is C6H9FO2. The number of allylic oxidation sites excluding steroid dienone is 1. The van der Waals surface area contributed by atoms with E-state index >= 15 is 0 Å². The number of carbonyl (C=O) groups excluding carboxylic acids is 1. The van der Waals surface area contributed by atoms with Crippen molar-refractivity contribution >= 4 is 5.97 Å². The molecule has 0 N–H and O–H groups in total. The van der Waals surface area contributed by atoms with Crippen molar-refractivity contribution in [1.82, 2.24) is 0 Å². The Morgan fingerprint density at radius 3 is 2.89 bits per heavy atom. The molecular weight excluding hydrogens is 123 g/mol. The highest BCUT2D eigenvalue weighted by Gasteiger charge is 2.06. The lowest BCUT2D eigenvalue weighted by atomic mass is 10.1. The van der Waals surface area contributed by atoms with Gasteiger partial charge in [0, 0.05) is 4.53 Å². The van der Waals surface area contributed by atoms with Crippen LogP contribution in [0.15, 0.2) is 12.7 Å². The summed E-state index contributed by atoms with van der Waals surface area (Å²) < 4.78 is 11.0. The van der Waals surface area contributed by atoms with Gasteiger partial charge in [0.1, 0.15) is 0 Å². The van der Waals surface area contributed by atoms with Crippen molar-refractivity contribution in [3.63, 3.8) is 0 Å². The number of rotatable bonds is 3. The zero-order chi connectivity index (χ0) is 7.28. The minimum absolute atomic E-state index is 0.0201. The fourth-order valence-corrected chi connectivity index (χ4v) is 0.378. The number of hydrogen-bond donors (Lipinski definition) is 0. The molecule has 1 unspecified atom stereocenters. The molecule has 0 rings (SSSR count). The fourth-order valence-electron chi connectivity index (χ4n) is 0.378. The van der Waals surface area contributed by atoms with Crippen LogP contribution in [0.2, 0.25) is 0 Å². The van der Waals surface area contributed by atoms with Crippen molar-refractivity contribution in [1.29, 1.82) is 0 Å². The van der Waals surface area contributed by atoms with Gasteiger partial charge in [-0.2, -0.15) is 0 Å². The molecule has 3 heteroatoms. The Labute approximate surface area is 53.2 Å². The van der Waals surface area contributed by atoms with Gasteiger partial charge in [0.15, 0.2) is 0 Å². The standard InChI is InChI=1S/C6H9FO2/c1-3-5(2)4-6(8)9-7/h3,5H,1,4H2,2H3. The molecule has 0 aliphatic carbocycles. The first-order valence-electron chi connectivity index (χ1n) is 2.64. The van der Waals surface area contributed by atoms with Gasteiger partial charge in [-0.1, -0.05) is 13.0 Å². The van der Waals surface area contributed by atoms with Crippen molar-refractivity contribution < 1.29 is 14.3 Å². The minimum Gasteiger partial charge on any atom is -0.255 e. The second-order valence-corrected chi connectivity index (χ2v) is 1.87. The Morgan fingerprint density at radius 1 is 2.00 bits per heavy atom. The van der Waals surface area contributed by atoms with E-state index in [0.717, 1.165) is 0 Å². The normalized spacial score (nSPS) is 12.2. The molecule has 1 atom stereocenters. The Morgan fingerprint density at radius 2 is 2.56 bits per heavy atom. The van der Waals surface area contributed by atoms with Gasteiger partial charge in [0.2, 0.25) is 0 Å². The van der Waals surface area contributed by atoms with Gasteiger partial charge < -0.3 is 0 Å². The quantitative estimate of drug-likeness (QED) is 0.545. The third-order valence-corrected chi connectivity index (χ3v) is 0.977. The first-order chi connectivity index (χ1) is 4.20. The van der Waals surface area contributed by atoms with E-state index in [0.29, 0.717) is 0 Å². The summed E-state index contributed by atoms with van der Waals surface area (Å²) in [5, 5.41) is 0. The first kappa shape index (κ1) is 8.14. The van der Waals surface area contributed by atoms with Gasteiger partial charge in [-0.05, 0) is 5.92 Å². The minimum atomic E-state index is -0.845. The van der Waals surface area contributed by atoms with E-state index in [1.54, 1.807) is 13.0 Å². The van der Waals surface area contributed by atoms with Gasteiger partial charge in [-0.15, -0.1) is 6.58 Å². The Hall–Kier alpha value is -0.860. The smallest absolute Gasteiger partial charge is 0.255 e. The van der Waals surface area contributed by atoms with E-state index in [9.17, 15) is 9.32 Å². The molecule has 0 aliphatic rings. The lowest BCUT2D eigenvalue weighted by molar-refractivity contribution is -0.184. The van der Waals surface area contributed by atoms with Gasteiger partial charge in [0.05, 0.1) is 6.42 Å². The molecule has 0 aromatic rings. The molecule has 0 radical (unpaired) electrons. The first-order valence-corrected chi connectivity index (χ1v) is 2.64. The average Bonchev–Trinajstić information content (AvgIpc) is 1.87. The van der Waals surface area contributed by atoms with Crippen LogP contribution < -0.4 is 0 Å². The van der Waals surface area contributed by atoms with Crippen LogP contribution in [0.1, 0.15) is 13.3 Å². The van der Waals surface area contributed by atoms with E-state index in [1.807, 2.05) is 0 Å². The highest BCUT2D eigenvalue weighted by Crippen LogP contribution is 2.03. The maximum atomic E-state index is 11.0. The molecule has 0 aromatic heterocycles. The van der Waals surface area contributed by atoms with E-state index in [4.69, 9.17) is 0 Å². The third-order valence-electron chi connectivity index (χ3n) is 0.977. The second-order valence-electron chi connectivity index (χ2n) is 1.87. The largest absolute Gasteiger partial charge is 0.349 e. The van der Waals surface area contributed by atoms with Crippen LogP contribution in [0.3, 0.4) is 0 Å². The summed E-state index contributed by atoms with van der Waals surface area (Å²) in [5.74, 6) is -0.865. The summed E-state index contributed by atoms with van der Waals surface area (Å²) in [4.78, 5) is 13.1. The summed E-state index contributed by atoms with van der Waals surface area (Å²) in [6, 6.07) is 0. The predicted molar refractivity (Wildman–Crippen MR) is 31.2 cm³/mol. The van der Waals surface area contributed by atoms with Crippen LogP contribution in [0.5, 0.6) is 0 Å². The second kappa shape index (κ2) is 4.06. The van der Waals surface area contributed by atoms with Gasteiger partial charge in [0.25, 0.3) is 0 Å². The average molecular weight is 132 g/mol. The Bertz CT molecular complexity index is 112. The molecule has 0 saturated carbocycles. The van der Waals surface area contributed by atoms with Crippen molar-refractivity contribution in [3.8, 4) is 0 Å². The van der Waals surface area contributed by atoms with Crippen LogP contribution in [-0.2, 0) is 9.74 Å². The highest BCUT2D eigenvalue weighted by molar-refractivity contribution is 5.69. The molecule has 0 saturated heterocycles. The molecule has 0 fully saturated rings. The van der Waals surface area contributed by atoms with Crippen LogP contribution in [0.25, 0.3) is 0 Å². The van der Waals surface area contributed by atoms with Crippen molar-refractivity contribution in [2.45, 2.75) is 13.3 Å². The highest BCUT2D eigenvalue weighted by atomic mass is 19.3. The molecule has 9 heavy (non-hydrogen) atoms. The maximum absolute atomic E-state index is 11.0. The van der Waals surface area contributed by atoms with Gasteiger partial charge in [-0.3, -0.25) is 4.94 Å². The Balaban J connectivity index is 3.46. The molecule has 0 amide bonds. The van der Waals surface area contributed by atoms with Crippen LogP contribution in [0, 0.1) is 5.92 Å². The molecule has 52 valence electrons. The van der Waals surface area contributed by atoms with E-state index in [2.05, 4.69) is 11.5 Å². The SMILES string of the molecule is C=CC(C)CC(=O)OF. The third kappa shape index (κ3) is 3.70. The summed E-state index contributed by atoms with van der Waals surface area (Å²) in [6.45, 7) is 5.17. The predicted octanol–water partition coefficient (Wildman–Crippen LogP) is 1.63. The molecule has 0 heterocycles. The summed E-state index contributed by atoms with van der Waals surface area (Å²) in [7, 11) is 0. The molecule has 0 spiro atoms. The monoisotopic (exact) mass is 132 g/mol. The van der Waals surface area contributed by atoms with Gasteiger partial charge in [-0.25, -0.2) is 4.79 Å². The van der Waals surface area contributed by atoms with Crippen LogP contribution in [-0.4, -0.2) is 5.97 Å². The summed E-state index contributed by atoms with van der Waals surface area (Å²) in [5.41, 5.74) is 0. The zero-order valence-electron chi connectivity index (χ0n) is 5.26. The van der Waals surface area contributed by atoms with E-state index < -0.39 is 5.97 Å². The fraction of sp³-hybridized carbons (Fsp3) is 0.500. The molecule has 0 bridgehead atoms. The lowest BCUT2D eigenvalue weighted by Crippen LogP contribution is -2.02. The maximum Gasteiger partial charge on any atom is 0.349 e. The topological polar surface area (TPSA) is 26.3 Å². The molecule has 0 aromatic carbocycles. The van der Waals surface area contributed by atoms with Crippen LogP contribution >= 0.6 is 0 Å². The molecule has 0 aliphatic heterocycles. The van der Waals surface area contributed by atoms with Crippen LogP contribution in [0.4, 0.5) is 4.53 Å². The number of carbonyl (C=O) groups is 1. The van der Waals surface area contributed by atoms with Crippen molar-refractivity contribution in [2.24, 2.45) is 5.92 Å². The van der Waals surface area contributed by atoms with E-state index in [-0.39, 0.29) is 12.3 Å². The molecule has 2 nitrogen and oxygen atoms in total. The lowest BCUT2D eigenvalue weighted by Gasteiger charge is -1.98. The number of hydrogen-bond acceptors (Lipinski definition) is 2. The van der Waals surface area contributed by atoms with Crippen molar-refractivity contribution in [3.05, 3.63) is 12.7 Å². The van der Waals surface area contributed by atoms with Crippen molar-refractivity contribution in [2.75, 3.05) is 0 Å². The number of halogens is 1. The zero-order valence-corrected chi connectivity index (χ0v) is 5.26. The summed E-state index contributed by atoms with van der Waals surface area (Å²) >= 11 is 0. The summed E-state index contributed by atoms with van der Waals surface area (Å²) in [6.07, 6.45) is 1.62. The van der Waals surface area contributed by atoms with Gasteiger partial charge >= 0.3 is 5.97 Å².